The summed E-state index contributed by atoms with van der Waals surface area (Å²) >= 11 is 0. The summed E-state index contributed by atoms with van der Waals surface area (Å²) in [5, 5.41) is 8.90. The summed E-state index contributed by atoms with van der Waals surface area (Å²) in [5.74, 6) is 2.39. The highest BCUT2D eigenvalue weighted by Crippen LogP contribution is 2.35. The first-order chi connectivity index (χ1) is 17.9. The number of rotatable bonds is 14. The monoisotopic (exact) mass is 513 g/mol. The van der Waals surface area contributed by atoms with Crippen LogP contribution in [0.25, 0.3) is 0 Å². The van der Waals surface area contributed by atoms with Crippen LogP contribution in [0.5, 0.6) is 23.0 Å². The molecule has 10 heteroatoms. The SMILES string of the molecule is C=CC[C@]1(C(=O)NNCc2c(OC)cc(OC)cc2OC)N=C(c2ccc(OCCCO)cc2)O[C@H]1C. The summed E-state index contributed by atoms with van der Waals surface area (Å²) in [6.45, 7) is 6.35. The molecule has 10 nitrogen and oxygen atoms in total. The van der Waals surface area contributed by atoms with Gasteiger partial charge in [-0.3, -0.25) is 10.2 Å². The van der Waals surface area contributed by atoms with Gasteiger partial charge in [-0.2, -0.15) is 0 Å². The van der Waals surface area contributed by atoms with Crippen molar-refractivity contribution in [2.45, 2.75) is 38.0 Å². The zero-order valence-corrected chi connectivity index (χ0v) is 21.7. The number of carbonyl (C=O) groups is 1. The number of nitrogens with one attached hydrogen (secondary N) is 2. The van der Waals surface area contributed by atoms with Crippen molar-refractivity contribution in [1.29, 1.82) is 0 Å². The van der Waals surface area contributed by atoms with Crippen LogP contribution >= 0.6 is 0 Å². The van der Waals surface area contributed by atoms with E-state index in [-0.39, 0.29) is 25.5 Å². The Kier molecular flexibility index (Phi) is 9.76. The standard InChI is InChI=1S/C27H35N3O7/c1-6-12-27(18(2)37-25(29-27)19-8-10-20(11-9-19)36-14-7-13-31)26(32)30-28-17-22-23(34-4)15-21(33-3)16-24(22)35-5/h6,8-11,15-16,18,28,31H,1,7,12-14,17H2,2-5H3,(H,30,32)/t18-,27-/m0/s1. The van der Waals surface area contributed by atoms with Gasteiger partial charge in [0.1, 0.15) is 29.1 Å². The van der Waals surface area contributed by atoms with Crippen molar-refractivity contribution in [3.63, 3.8) is 0 Å². The number of amides is 1. The van der Waals surface area contributed by atoms with Crippen molar-refractivity contribution < 1.29 is 33.6 Å². The summed E-state index contributed by atoms with van der Waals surface area (Å²) in [6, 6.07) is 10.7. The molecule has 200 valence electrons. The molecule has 0 unspecified atom stereocenters. The van der Waals surface area contributed by atoms with Gasteiger partial charge in [-0.25, -0.2) is 10.4 Å². The second kappa shape index (κ2) is 13.0. The number of hydrogen-bond acceptors (Lipinski definition) is 9. The quantitative estimate of drug-likeness (QED) is 0.200. The molecule has 0 aliphatic carbocycles. The second-order valence-electron chi connectivity index (χ2n) is 8.36. The van der Waals surface area contributed by atoms with Crippen LogP contribution in [0.4, 0.5) is 0 Å². The van der Waals surface area contributed by atoms with Gasteiger partial charge in [0.15, 0.2) is 5.54 Å². The lowest BCUT2D eigenvalue weighted by atomic mass is 9.90. The Bertz CT molecular complexity index is 1080. The summed E-state index contributed by atoms with van der Waals surface area (Å²) in [6.07, 6.45) is 1.95. The summed E-state index contributed by atoms with van der Waals surface area (Å²) in [7, 11) is 4.67. The Balaban J connectivity index is 1.74. The zero-order chi connectivity index (χ0) is 26.8. The topological polar surface area (TPSA) is 120 Å². The molecule has 3 rings (SSSR count). The Labute approximate surface area is 217 Å². The van der Waals surface area contributed by atoms with Crippen molar-refractivity contribution in [2.75, 3.05) is 34.5 Å². The number of aliphatic imine (C=N–C) groups is 1. The first kappa shape index (κ1) is 27.8. The minimum atomic E-state index is -1.20. The van der Waals surface area contributed by atoms with E-state index in [9.17, 15) is 4.79 Å². The highest BCUT2D eigenvalue weighted by Gasteiger charge is 2.49. The van der Waals surface area contributed by atoms with Gasteiger partial charge in [-0.1, -0.05) is 6.08 Å². The minimum absolute atomic E-state index is 0.0735. The van der Waals surface area contributed by atoms with E-state index < -0.39 is 11.6 Å². The number of hydrogen-bond donors (Lipinski definition) is 3. The van der Waals surface area contributed by atoms with Crippen molar-refractivity contribution in [3.8, 4) is 23.0 Å². The molecule has 0 saturated heterocycles. The molecule has 37 heavy (non-hydrogen) atoms. The fourth-order valence-corrected chi connectivity index (χ4v) is 3.98. The number of nitrogens with zero attached hydrogens (tertiary/aromatic N) is 1. The van der Waals surface area contributed by atoms with Crippen LogP contribution in [0, 0.1) is 0 Å². The van der Waals surface area contributed by atoms with Crippen LogP contribution in [0.3, 0.4) is 0 Å². The third kappa shape index (κ3) is 6.33. The molecule has 0 bridgehead atoms. The normalized spacial score (nSPS) is 18.4. The van der Waals surface area contributed by atoms with Gasteiger partial charge < -0.3 is 28.8 Å². The first-order valence-electron chi connectivity index (χ1n) is 12.0. The Morgan fingerprint density at radius 2 is 1.81 bits per heavy atom. The van der Waals surface area contributed by atoms with E-state index in [0.29, 0.717) is 47.5 Å². The van der Waals surface area contributed by atoms with E-state index in [2.05, 4.69) is 17.4 Å². The number of methoxy groups -OCH3 is 3. The van der Waals surface area contributed by atoms with Gasteiger partial charge in [0, 0.05) is 43.7 Å². The predicted octanol–water partition coefficient (Wildman–Crippen LogP) is 2.77. The average Bonchev–Trinajstić information content (AvgIpc) is 3.26. The van der Waals surface area contributed by atoms with E-state index in [1.54, 1.807) is 51.7 Å². The lowest BCUT2D eigenvalue weighted by Gasteiger charge is -2.27. The minimum Gasteiger partial charge on any atom is -0.496 e. The maximum absolute atomic E-state index is 13.4. The van der Waals surface area contributed by atoms with Crippen molar-refractivity contribution in [2.24, 2.45) is 4.99 Å². The lowest BCUT2D eigenvalue weighted by Crippen LogP contribution is -2.54. The number of ether oxygens (including phenoxy) is 5. The smallest absolute Gasteiger partial charge is 0.266 e. The maximum Gasteiger partial charge on any atom is 0.266 e. The fraction of sp³-hybridized carbons (Fsp3) is 0.407. The van der Waals surface area contributed by atoms with Crippen LogP contribution in [0.15, 0.2) is 54.0 Å². The molecule has 2 atom stereocenters. The molecule has 2 aromatic rings. The highest BCUT2D eigenvalue weighted by molar-refractivity contribution is 6.00. The molecular weight excluding hydrogens is 478 g/mol. The Morgan fingerprint density at radius 1 is 1.14 bits per heavy atom. The molecule has 0 saturated carbocycles. The molecule has 1 heterocycles. The van der Waals surface area contributed by atoms with Crippen LogP contribution in [0.1, 0.15) is 30.9 Å². The van der Waals surface area contributed by atoms with Gasteiger partial charge >= 0.3 is 0 Å². The van der Waals surface area contributed by atoms with Crippen molar-refractivity contribution in [3.05, 3.63) is 60.2 Å². The molecule has 1 amide bonds. The van der Waals surface area contributed by atoms with Gasteiger partial charge in [0.2, 0.25) is 5.90 Å². The second-order valence-corrected chi connectivity index (χ2v) is 8.36. The highest BCUT2D eigenvalue weighted by atomic mass is 16.5. The predicted molar refractivity (Wildman–Crippen MR) is 139 cm³/mol. The molecule has 0 spiro atoms. The molecule has 1 aliphatic heterocycles. The zero-order valence-electron chi connectivity index (χ0n) is 21.7. The fourth-order valence-electron chi connectivity index (χ4n) is 3.98. The molecule has 2 aromatic carbocycles. The maximum atomic E-state index is 13.4. The van der Waals surface area contributed by atoms with Gasteiger partial charge in [-0.15, -0.1) is 6.58 Å². The van der Waals surface area contributed by atoms with Crippen LogP contribution in [-0.2, 0) is 16.1 Å². The molecule has 3 N–H and O–H groups in total. The summed E-state index contributed by atoms with van der Waals surface area (Å²) < 4.78 is 27.8. The number of hydrazine groups is 1. The van der Waals surface area contributed by atoms with Gasteiger partial charge in [0.05, 0.1) is 33.5 Å². The van der Waals surface area contributed by atoms with E-state index in [1.165, 1.54) is 0 Å². The Morgan fingerprint density at radius 3 is 2.38 bits per heavy atom. The van der Waals surface area contributed by atoms with E-state index in [4.69, 9.17) is 33.8 Å². The van der Waals surface area contributed by atoms with Crippen LogP contribution in [-0.4, -0.2) is 63.1 Å². The molecule has 0 radical (unpaired) electrons. The van der Waals surface area contributed by atoms with Gasteiger partial charge in [0.25, 0.3) is 5.91 Å². The number of benzene rings is 2. The summed E-state index contributed by atoms with van der Waals surface area (Å²) in [5.41, 5.74) is 5.96. The van der Waals surface area contributed by atoms with E-state index in [0.717, 1.165) is 5.56 Å². The molecular formula is C27H35N3O7. The largest absolute Gasteiger partial charge is 0.496 e. The van der Waals surface area contributed by atoms with Crippen LogP contribution < -0.4 is 29.8 Å². The first-order valence-corrected chi connectivity index (χ1v) is 12.0. The molecule has 0 fully saturated rings. The number of aliphatic hydroxyl groups excluding tert-OH is 1. The third-order valence-corrected chi connectivity index (χ3v) is 6.07. The molecule has 0 aromatic heterocycles. The average molecular weight is 514 g/mol. The molecule has 1 aliphatic rings. The Hall–Kier alpha value is -3.76. The lowest BCUT2D eigenvalue weighted by molar-refractivity contribution is -0.129. The third-order valence-electron chi connectivity index (χ3n) is 6.07. The number of aliphatic hydroxyl groups is 1. The van der Waals surface area contributed by atoms with E-state index >= 15 is 0 Å². The van der Waals surface area contributed by atoms with Crippen molar-refractivity contribution in [1.82, 2.24) is 10.9 Å². The van der Waals surface area contributed by atoms with E-state index in [1.807, 2.05) is 19.1 Å². The van der Waals surface area contributed by atoms with Crippen molar-refractivity contribution >= 4 is 11.8 Å². The number of carbonyl (C=O) groups excluding carboxylic acids is 1. The summed E-state index contributed by atoms with van der Waals surface area (Å²) in [4.78, 5) is 18.1. The van der Waals surface area contributed by atoms with Gasteiger partial charge in [-0.05, 0) is 31.2 Å². The van der Waals surface area contributed by atoms with Crippen LogP contribution in [0.2, 0.25) is 0 Å².